The molecule has 88 valence electrons. The standard InChI is InChI=1S/C12H17IN2O/c1-3-12(2,8-14)11(16)15-10-7-5-4-6-9(10)13/h4-7H,3,8,14H2,1-2H3,(H,15,16). The van der Waals surface area contributed by atoms with Gasteiger partial charge in [0.05, 0.1) is 11.1 Å². The molecule has 0 heterocycles. The van der Waals surface area contributed by atoms with Crippen molar-refractivity contribution < 1.29 is 4.79 Å². The minimum Gasteiger partial charge on any atom is -0.329 e. The predicted molar refractivity (Wildman–Crippen MR) is 75.2 cm³/mol. The van der Waals surface area contributed by atoms with Gasteiger partial charge >= 0.3 is 0 Å². The third-order valence-electron chi connectivity index (χ3n) is 2.90. The van der Waals surface area contributed by atoms with Gasteiger partial charge < -0.3 is 11.1 Å². The Kier molecular flexibility index (Phi) is 4.73. The molecule has 16 heavy (non-hydrogen) atoms. The lowest BCUT2D eigenvalue weighted by Crippen LogP contribution is -2.39. The van der Waals surface area contributed by atoms with Gasteiger partial charge in [0.1, 0.15) is 0 Å². The van der Waals surface area contributed by atoms with E-state index in [0.29, 0.717) is 6.54 Å². The topological polar surface area (TPSA) is 55.1 Å². The van der Waals surface area contributed by atoms with Crippen LogP contribution in [0, 0.1) is 8.99 Å². The molecule has 0 bridgehead atoms. The summed E-state index contributed by atoms with van der Waals surface area (Å²) in [6.45, 7) is 4.22. The molecular formula is C12H17IN2O. The number of amides is 1. The molecule has 4 heteroatoms. The van der Waals surface area contributed by atoms with E-state index in [1.165, 1.54) is 0 Å². The van der Waals surface area contributed by atoms with Gasteiger partial charge in [0.2, 0.25) is 5.91 Å². The van der Waals surface area contributed by atoms with E-state index < -0.39 is 5.41 Å². The highest BCUT2D eigenvalue weighted by molar-refractivity contribution is 14.1. The number of carbonyl (C=O) groups is 1. The normalized spacial score (nSPS) is 14.2. The fourth-order valence-corrected chi connectivity index (χ4v) is 1.76. The average molecular weight is 332 g/mol. The molecule has 1 rings (SSSR count). The Balaban J connectivity index is 2.83. The molecule has 1 aromatic carbocycles. The number of benzene rings is 1. The maximum atomic E-state index is 12.1. The van der Waals surface area contributed by atoms with Crippen LogP contribution in [0.4, 0.5) is 5.69 Å². The van der Waals surface area contributed by atoms with Crippen molar-refractivity contribution in [3.8, 4) is 0 Å². The molecule has 0 fully saturated rings. The van der Waals surface area contributed by atoms with Crippen molar-refractivity contribution in [1.82, 2.24) is 0 Å². The van der Waals surface area contributed by atoms with E-state index in [1.807, 2.05) is 38.1 Å². The average Bonchev–Trinajstić information content (AvgIpc) is 2.31. The zero-order valence-electron chi connectivity index (χ0n) is 9.59. The molecule has 1 amide bonds. The third-order valence-corrected chi connectivity index (χ3v) is 3.84. The molecular weight excluding hydrogens is 315 g/mol. The summed E-state index contributed by atoms with van der Waals surface area (Å²) in [5.74, 6) is -0.0124. The molecule has 1 unspecified atom stereocenters. The van der Waals surface area contributed by atoms with E-state index >= 15 is 0 Å². The van der Waals surface area contributed by atoms with Crippen LogP contribution in [0.25, 0.3) is 0 Å². The van der Waals surface area contributed by atoms with Crippen molar-refractivity contribution in [2.45, 2.75) is 20.3 Å². The molecule has 1 atom stereocenters. The van der Waals surface area contributed by atoms with Gasteiger partial charge in [0.25, 0.3) is 0 Å². The van der Waals surface area contributed by atoms with Gasteiger partial charge in [0.15, 0.2) is 0 Å². The van der Waals surface area contributed by atoms with E-state index in [2.05, 4.69) is 27.9 Å². The first-order valence-electron chi connectivity index (χ1n) is 5.29. The number of rotatable bonds is 4. The number of nitrogens with one attached hydrogen (secondary N) is 1. The number of carbonyl (C=O) groups excluding carboxylic acids is 1. The van der Waals surface area contributed by atoms with Crippen LogP contribution < -0.4 is 11.1 Å². The Labute approximate surface area is 110 Å². The molecule has 0 aliphatic rings. The summed E-state index contributed by atoms with van der Waals surface area (Å²) in [6, 6.07) is 7.71. The quantitative estimate of drug-likeness (QED) is 0.833. The molecule has 1 aromatic rings. The third kappa shape index (κ3) is 2.95. The Morgan fingerprint density at radius 2 is 2.12 bits per heavy atom. The molecule has 0 spiro atoms. The molecule has 0 aromatic heterocycles. The van der Waals surface area contributed by atoms with Gasteiger partial charge in [-0.2, -0.15) is 0 Å². The monoisotopic (exact) mass is 332 g/mol. The Morgan fingerprint density at radius 3 is 2.62 bits per heavy atom. The van der Waals surface area contributed by atoms with Crippen molar-refractivity contribution in [2.75, 3.05) is 11.9 Å². The number of halogens is 1. The minimum absolute atomic E-state index is 0.0124. The second kappa shape index (κ2) is 5.63. The largest absolute Gasteiger partial charge is 0.329 e. The van der Waals surface area contributed by atoms with Crippen LogP contribution in [0.5, 0.6) is 0 Å². The van der Waals surface area contributed by atoms with E-state index in [1.54, 1.807) is 0 Å². The summed E-state index contributed by atoms with van der Waals surface area (Å²) in [6.07, 6.45) is 0.735. The Hall–Kier alpha value is -0.620. The van der Waals surface area contributed by atoms with Gasteiger partial charge in [0, 0.05) is 10.1 Å². The number of hydrogen-bond donors (Lipinski definition) is 2. The second-order valence-electron chi connectivity index (χ2n) is 4.05. The summed E-state index contributed by atoms with van der Waals surface area (Å²) in [5.41, 5.74) is 6.01. The minimum atomic E-state index is -0.487. The van der Waals surface area contributed by atoms with Crippen LogP contribution in [0.2, 0.25) is 0 Å². The van der Waals surface area contributed by atoms with Crippen LogP contribution in [0.1, 0.15) is 20.3 Å². The smallest absolute Gasteiger partial charge is 0.231 e. The fraction of sp³-hybridized carbons (Fsp3) is 0.417. The highest BCUT2D eigenvalue weighted by atomic mass is 127. The van der Waals surface area contributed by atoms with Crippen LogP contribution in [0.3, 0.4) is 0 Å². The zero-order chi connectivity index (χ0) is 12.2. The summed E-state index contributed by atoms with van der Waals surface area (Å²) in [5, 5.41) is 2.93. The number of anilines is 1. The first-order valence-corrected chi connectivity index (χ1v) is 6.37. The number of para-hydroxylation sites is 1. The lowest BCUT2D eigenvalue weighted by Gasteiger charge is -2.25. The fourth-order valence-electron chi connectivity index (χ4n) is 1.23. The van der Waals surface area contributed by atoms with Crippen LogP contribution >= 0.6 is 22.6 Å². The molecule has 0 saturated carbocycles. The summed E-state index contributed by atoms with van der Waals surface area (Å²) in [7, 11) is 0. The second-order valence-corrected chi connectivity index (χ2v) is 5.21. The number of nitrogens with two attached hydrogens (primary N) is 1. The van der Waals surface area contributed by atoms with E-state index in [9.17, 15) is 4.79 Å². The van der Waals surface area contributed by atoms with Gasteiger partial charge in [-0.3, -0.25) is 4.79 Å². The maximum absolute atomic E-state index is 12.1. The van der Waals surface area contributed by atoms with E-state index in [0.717, 1.165) is 15.7 Å². The van der Waals surface area contributed by atoms with Crippen molar-refractivity contribution in [3.05, 3.63) is 27.8 Å². The molecule has 3 nitrogen and oxygen atoms in total. The molecule has 3 N–H and O–H groups in total. The Morgan fingerprint density at radius 1 is 1.50 bits per heavy atom. The van der Waals surface area contributed by atoms with E-state index in [-0.39, 0.29) is 5.91 Å². The van der Waals surface area contributed by atoms with Crippen molar-refractivity contribution in [2.24, 2.45) is 11.1 Å². The summed E-state index contributed by atoms with van der Waals surface area (Å²) >= 11 is 2.20. The first kappa shape index (κ1) is 13.4. The maximum Gasteiger partial charge on any atom is 0.231 e. The molecule has 0 aliphatic heterocycles. The van der Waals surface area contributed by atoms with Crippen LogP contribution in [-0.2, 0) is 4.79 Å². The lowest BCUT2D eigenvalue weighted by molar-refractivity contribution is -0.124. The van der Waals surface area contributed by atoms with E-state index in [4.69, 9.17) is 5.73 Å². The molecule has 0 aliphatic carbocycles. The number of hydrogen-bond acceptors (Lipinski definition) is 2. The Bertz CT molecular complexity index is 375. The highest BCUT2D eigenvalue weighted by Gasteiger charge is 2.29. The lowest BCUT2D eigenvalue weighted by atomic mass is 9.86. The van der Waals surface area contributed by atoms with Gasteiger partial charge in [-0.15, -0.1) is 0 Å². The van der Waals surface area contributed by atoms with Gasteiger partial charge in [-0.25, -0.2) is 0 Å². The van der Waals surface area contributed by atoms with Crippen molar-refractivity contribution in [3.63, 3.8) is 0 Å². The van der Waals surface area contributed by atoms with Crippen LogP contribution in [-0.4, -0.2) is 12.5 Å². The van der Waals surface area contributed by atoms with Crippen molar-refractivity contribution >= 4 is 34.2 Å². The van der Waals surface area contributed by atoms with Gasteiger partial charge in [-0.1, -0.05) is 19.1 Å². The summed E-state index contributed by atoms with van der Waals surface area (Å²) in [4.78, 5) is 12.1. The molecule has 0 radical (unpaired) electrons. The SMILES string of the molecule is CCC(C)(CN)C(=O)Nc1ccccc1I. The van der Waals surface area contributed by atoms with Crippen LogP contribution in [0.15, 0.2) is 24.3 Å². The zero-order valence-corrected chi connectivity index (χ0v) is 11.7. The predicted octanol–water partition coefficient (Wildman–Crippen LogP) is 2.60. The summed E-state index contributed by atoms with van der Waals surface area (Å²) < 4.78 is 1.03. The van der Waals surface area contributed by atoms with Gasteiger partial charge in [-0.05, 0) is 48.1 Å². The van der Waals surface area contributed by atoms with Crippen molar-refractivity contribution in [1.29, 1.82) is 0 Å². The first-order chi connectivity index (χ1) is 7.53. The molecule has 0 saturated heterocycles. The highest BCUT2D eigenvalue weighted by Crippen LogP contribution is 2.24.